The minimum Gasteiger partial charge on any atom is -0.493 e. The SMILES string of the molecule is CCCCCCc1ccc(N=Cc2ccc(OC)c(OC)c2OC)cc1. The third-order valence-electron chi connectivity index (χ3n) is 4.34. The van der Waals surface area contributed by atoms with E-state index in [1.54, 1.807) is 27.5 Å². The summed E-state index contributed by atoms with van der Waals surface area (Å²) in [4.78, 5) is 4.57. The molecule has 0 aliphatic heterocycles. The first-order chi connectivity index (χ1) is 12.7. The molecule has 0 bridgehead atoms. The monoisotopic (exact) mass is 355 g/mol. The van der Waals surface area contributed by atoms with Crippen LogP contribution in [-0.4, -0.2) is 27.5 Å². The summed E-state index contributed by atoms with van der Waals surface area (Å²) in [5.74, 6) is 1.82. The number of rotatable bonds is 10. The van der Waals surface area contributed by atoms with Gasteiger partial charge in [0.15, 0.2) is 11.5 Å². The topological polar surface area (TPSA) is 40.0 Å². The second-order valence-electron chi connectivity index (χ2n) is 6.16. The van der Waals surface area contributed by atoms with E-state index in [4.69, 9.17) is 14.2 Å². The van der Waals surface area contributed by atoms with Crippen molar-refractivity contribution in [3.8, 4) is 17.2 Å². The van der Waals surface area contributed by atoms with E-state index in [1.165, 1.54) is 31.2 Å². The highest BCUT2D eigenvalue weighted by Gasteiger charge is 2.14. The Balaban J connectivity index is 2.09. The molecule has 0 atom stereocenters. The molecule has 0 amide bonds. The molecule has 0 spiro atoms. The molecule has 2 aromatic carbocycles. The number of aliphatic imine (C=N–C) groups is 1. The molecule has 0 radical (unpaired) electrons. The molecule has 4 heteroatoms. The molecule has 0 saturated heterocycles. The van der Waals surface area contributed by atoms with Crippen molar-refractivity contribution in [3.05, 3.63) is 47.5 Å². The maximum Gasteiger partial charge on any atom is 0.203 e. The number of aryl methyl sites for hydroxylation is 1. The molecular formula is C22H29NO3. The van der Waals surface area contributed by atoms with Crippen LogP contribution in [0.1, 0.15) is 43.7 Å². The Hall–Kier alpha value is -2.49. The third-order valence-corrected chi connectivity index (χ3v) is 4.34. The van der Waals surface area contributed by atoms with Crippen LogP contribution in [0.2, 0.25) is 0 Å². The molecule has 0 aliphatic rings. The van der Waals surface area contributed by atoms with Crippen LogP contribution in [0.15, 0.2) is 41.4 Å². The van der Waals surface area contributed by atoms with Crippen molar-refractivity contribution >= 4 is 11.9 Å². The summed E-state index contributed by atoms with van der Waals surface area (Å²) in [6, 6.07) is 12.2. The van der Waals surface area contributed by atoms with Gasteiger partial charge in [-0.1, -0.05) is 38.3 Å². The van der Waals surface area contributed by atoms with Crippen molar-refractivity contribution in [3.63, 3.8) is 0 Å². The molecule has 0 N–H and O–H groups in total. The van der Waals surface area contributed by atoms with Crippen molar-refractivity contribution < 1.29 is 14.2 Å². The summed E-state index contributed by atoms with van der Waals surface area (Å²) in [5, 5.41) is 0. The lowest BCUT2D eigenvalue weighted by atomic mass is 10.1. The number of hydrogen-bond donors (Lipinski definition) is 0. The third kappa shape index (κ3) is 5.25. The Kier molecular flexibility index (Phi) is 8.00. The predicted octanol–water partition coefficient (Wildman–Crippen LogP) is 5.59. The van der Waals surface area contributed by atoms with Crippen LogP contribution in [0.25, 0.3) is 0 Å². The molecule has 0 saturated carbocycles. The first kappa shape index (κ1) is 19.8. The number of ether oxygens (including phenoxy) is 3. The summed E-state index contributed by atoms with van der Waals surface area (Å²) in [6.45, 7) is 2.24. The van der Waals surface area contributed by atoms with E-state index in [1.807, 2.05) is 12.1 Å². The van der Waals surface area contributed by atoms with Gasteiger partial charge in [-0.25, -0.2) is 0 Å². The van der Waals surface area contributed by atoms with Crippen LogP contribution in [0, 0.1) is 0 Å². The summed E-state index contributed by atoms with van der Waals surface area (Å²) < 4.78 is 16.2. The predicted molar refractivity (Wildman–Crippen MR) is 108 cm³/mol. The normalized spacial score (nSPS) is 10.9. The van der Waals surface area contributed by atoms with E-state index in [0.29, 0.717) is 17.2 Å². The van der Waals surface area contributed by atoms with Crippen LogP contribution in [0.4, 0.5) is 5.69 Å². The number of benzene rings is 2. The highest BCUT2D eigenvalue weighted by molar-refractivity contribution is 5.87. The maximum atomic E-state index is 5.49. The first-order valence-corrected chi connectivity index (χ1v) is 9.15. The molecule has 26 heavy (non-hydrogen) atoms. The molecule has 2 rings (SSSR count). The van der Waals surface area contributed by atoms with E-state index in [0.717, 1.165) is 17.7 Å². The van der Waals surface area contributed by atoms with Gasteiger partial charge in [0.05, 0.1) is 27.0 Å². The lowest BCUT2D eigenvalue weighted by Crippen LogP contribution is -1.98. The van der Waals surface area contributed by atoms with Gasteiger partial charge < -0.3 is 14.2 Å². The number of nitrogens with zero attached hydrogens (tertiary/aromatic N) is 1. The van der Waals surface area contributed by atoms with Crippen LogP contribution in [0.3, 0.4) is 0 Å². The highest BCUT2D eigenvalue weighted by Crippen LogP contribution is 2.39. The van der Waals surface area contributed by atoms with E-state index >= 15 is 0 Å². The Morgan fingerprint density at radius 1 is 0.808 bits per heavy atom. The van der Waals surface area contributed by atoms with Gasteiger partial charge in [0, 0.05) is 11.8 Å². The van der Waals surface area contributed by atoms with Gasteiger partial charge >= 0.3 is 0 Å². The first-order valence-electron chi connectivity index (χ1n) is 9.15. The standard InChI is InChI=1S/C22H29NO3/c1-5-6-7-8-9-17-10-13-19(14-11-17)23-16-18-12-15-20(24-2)22(26-4)21(18)25-3/h10-16H,5-9H2,1-4H3. The van der Waals surface area contributed by atoms with Gasteiger partial charge in [-0.15, -0.1) is 0 Å². The fourth-order valence-corrected chi connectivity index (χ4v) is 2.87. The summed E-state index contributed by atoms with van der Waals surface area (Å²) >= 11 is 0. The van der Waals surface area contributed by atoms with Crippen LogP contribution < -0.4 is 14.2 Å². The number of hydrogen-bond acceptors (Lipinski definition) is 4. The average Bonchev–Trinajstić information content (AvgIpc) is 2.69. The second kappa shape index (κ2) is 10.5. The highest BCUT2D eigenvalue weighted by atomic mass is 16.5. The zero-order chi connectivity index (χ0) is 18.8. The molecule has 0 aromatic heterocycles. The molecular weight excluding hydrogens is 326 g/mol. The minimum absolute atomic E-state index is 0.571. The molecule has 0 aliphatic carbocycles. The Morgan fingerprint density at radius 2 is 1.54 bits per heavy atom. The molecule has 0 unspecified atom stereocenters. The van der Waals surface area contributed by atoms with Gasteiger partial charge in [0.25, 0.3) is 0 Å². The minimum atomic E-state index is 0.571. The van der Waals surface area contributed by atoms with Gasteiger partial charge in [-0.3, -0.25) is 4.99 Å². The zero-order valence-electron chi connectivity index (χ0n) is 16.2. The van der Waals surface area contributed by atoms with Crippen molar-refractivity contribution in [2.75, 3.05) is 21.3 Å². The second-order valence-corrected chi connectivity index (χ2v) is 6.16. The lowest BCUT2D eigenvalue weighted by Gasteiger charge is -2.13. The van der Waals surface area contributed by atoms with Crippen molar-refractivity contribution in [1.29, 1.82) is 0 Å². The molecule has 4 nitrogen and oxygen atoms in total. The van der Waals surface area contributed by atoms with Gasteiger partial charge in [0.2, 0.25) is 5.75 Å². The van der Waals surface area contributed by atoms with E-state index in [9.17, 15) is 0 Å². The average molecular weight is 355 g/mol. The summed E-state index contributed by atoms with van der Waals surface area (Å²) in [7, 11) is 4.82. The van der Waals surface area contributed by atoms with Crippen molar-refractivity contribution in [1.82, 2.24) is 0 Å². The van der Waals surface area contributed by atoms with E-state index in [-0.39, 0.29) is 0 Å². The van der Waals surface area contributed by atoms with E-state index < -0.39 is 0 Å². The van der Waals surface area contributed by atoms with Crippen LogP contribution in [-0.2, 0) is 6.42 Å². The van der Waals surface area contributed by atoms with E-state index in [2.05, 4.69) is 36.2 Å². The summed E-state index contributed by atoms with van der Waals surface area (Å²) in [6.07, 6.45) is 8.06. The largest absolute Gasteiger partial charge is 0.493 e. The van der Waals surface area contributed by atoms with Crippen molar-refractivity contribution in [2.24, 2.45) is 4.99 Å². The molecule has 140 valence electrons. The Bertz CT molecular complexity index is 708. The Labute approximate surface area is 156 Å². The van der Waals surface area contributed by atoms with Gasteiger partial charge in [-0.2, -0.15) is 0 Å². The smallest absolute Gasteiger partial charge is 0.203 e. The summed E-state index contributed by atoms with van der Waals surface area (Å²) in [5.41, 5.74) is 3.12. The lowest BCUT2D eigenvalue weighted by molar-refractivity contribution is 0.324. The zero-order valence-corrected chi connectivity index (χ0v) is 16.2. The fraction of sp³-hybridized carbons (Fsp3) is 0.409. The molecule has 2 aromatic rings. The van der Waals surface area contributed by atoms with Crippen molar-refractivity contribution in [2.45, 2.75) is 39.0 Å². The molecule has 0 fully saturated rings. The number of unbranched alkanes of at least 4 members (excludes halogenated alkanes) is 3. The maximum absolute atomic E-state index is 5.49. The fourth-order valence-electron chi connectivity index (χ4n) is 2.87. The molecule has 0 heterocycles. The van der Waals surface area contributed by atoms with Crippen LogP contribution >= 0.6 is 0 Å². The van der Waals surface area contributed by atoms with Crippen LogP contribution in [0.5, 0.6) is 17.2 Å². The quantitative estimate of drug-likeness (QED) is 0.412. The van der Waals surface area contributed by atoms with Gasteiger partial charge in [-0.05, 0) is 42.7 Å². The van der Waals surface area contributed by atoms with Gasteiger partial charge in [0.1, 0.15) is 0 Å². The Morgan fingerprint density at radius 3 is 2.15 bits per heavy atom. The number of methoxy groups -OCH3 is 3.